The molecule has 0 bridgehead atoms. The van der Waals surface area contributed by atoms with Gasteiger partial charge in [0.1, 0.15) is 5.69 Å². The highest BCUT2D eigenvalue weighted by atomic mass is 16.5. The van der Waals surface area contributed by atoms with E-state index in [9.17, 15) is 0 Å². The predicted molar refractivity (Wildman–Crippen MR) is 47.6 cm³/mol. The van der Waals surface area contributed by atoms with Crippen molar-refractivity contribution in [1.29, 1.82) is 0 Å². The number of nitrogens with two attached hydrogens (primary N) is 1. The van der Waals surface area contributed by atoms with Crippen molar-refractivity contribution in [3.63, 3.8) is 0 Å². The molecule has 0 aliphatic rings. The summed E-state index contributed by atoms with van der Waals surface area (Å²) < 4.78 is 5.00. The van der Waals surface area contributed by atoms with Crippen LogP contribution in [0, 0.1) is 0 Å². The fraction of sp³-hybridized carbons (Fsp3) is 0.111. The highest BCUT2D eigenvalue weighted by molar-refractivity contribution is 5.58. The first kappa shape index (κ1) is 7.94. The van der Waals surface area contributed by atoms with Crippen LogP contribution in [0.5, 0.6) is 0 Å². The zero-order chi connectivity index (χ0) is 9.10. The van der Waals surface area contributed by atoms with E-state index in [-0.39, 0.29) is 0 Å². The second-order valence-corrected chi connectivity index (χ2v) is 2.62. The summed E-state index contributed by atoms with van der Waals surface area (Å²) >= 11 is 0. The first-order valence-corrected chi connectivity index (χ1v) is 3.98. The van der Waals surface area contributed by atoms with E-state index in [1.807, 2.05) is 30.3 Å². The second-order valence-electron chi connectivity index (χ2n) is 2.62. The molecule has 0 unspecified atom stereocenters. The lowest BCUT2D eigenvalue weighted by molar-refractivity contribution is 0.403. The van der Waals surface area contributed by atoms with Gasteiger partial charge in [0.05, 0.1) is 0 Å². The molecular formula is C9H9N3O. The molecule has 0 atom stereocenters. The molecule has 1 heterocycles. The number of nitrogens with zero attached hydrogens (tertiary/aromatic N) is 2. The van der Waals surface area contributed by atoms with E-state index in [1.165, 1.54) is 0 Å². The van der Waals surface area contributed by atoms with Crippen LogP contribution in [-0.2, 0) is 6.54 Å². The van der Waals surface area contributed by atoms with Crippen molar-refractivity contribution in [2.75, 3.05) is 0 Å². The van der Waals surface area contributed by atoms with Crippen LogP contribution < -0.4 is 5.73 Å². The minimum Gasteiger partial charge on any atom is -0.337 e. The molecule has 1 aromatic heterocycles. The lowest BCUT2D eigenvalue weighted by Crippen LogP contribution is -1.98. The van der Waals surface area contributed by atoms with Crippen LogP contribution in [0.3, 0.4) is 0 Å². The molecule has 0 aliphatic carbocycles. The van der Waals surface area contributed by atoms with Gasteiger partial charge in [-0.2, -0.15) is 0 Å². The van der Waals surface area contributed by atoms with Crippen molar-refractivity contribution >= 4 is 0 Å². The van der Waals surface area contributed by atoms with Crippen LogP contribution in [0.25, 0.3) is 11.3 Å². The minimum atomic E-state index is 0.341. The monoisotopic (exact) mass is 175 g/mol. The Kier molecular flexibility index (Phi) is 2.06. The molecule has 2 N–H and O–H groups in total. The molecule has 0 saturated heterocycles. The zero-order valence-electron chi connectivity index (χ0n) is 6.97. The Bertz CT molecular complexity index is 383. The SMILES string of the molecule is NCc1nnoc1-c1ccccc1. The maximum Gasteiger partial charge on any atom is 0.191 e. The van der Waals surface area contributed by atoms with E-state index in [0.29, 0.717) is 18.0 Å². The van der Waals surface area contributed by atoms with Gasteiger partial charge in [-0.15, -0.1) is 5.10 Å². The quantitative estimate of drug-likeness (QED) is 0.744. The van der Waals surface area contributed by atoms with E-state index < -0.39 is 0 Å². The van der Waals surface area contributed by atoms with Crippen LogP contribution in [0.4, 0.5) is 0 Å². The summed E-state index contributed by atoms with van der Waals surface area (Å²) in [4.78, 5) is 0. The normalized spacial score (nSPS) is 10.2. The van der Waals surface area contributed by atoms with Crippen LogP contribution in [0.2, 0.25) is 0 Å². The van der Waals surface area contributed by atoms with Crippen LogP contribution in [0.15, 0.2) is 34.9 Å². The van der Waals surface area contributed by atoms with Crippen LogP contribution in [-0.4, -0.2) is 10.4 Å². The number of hydrogen-bond acceptors (Lipinski definition) is 4. The molecule has 66 valence electrons. The standard InChI is InChI=1S/C9H9N3O/c10-6-8-9(13-12-11-8)7-4-2-1-3-5-7/h1-5H,6,10H2. The molecular weight excluding hydrogens is 166 g/mol. The van der Waals surface area contributed by atoms with E-state index in [2.05, 4.69) is 10.4 Å². The Morgan fingerprint density at radius 1 is 1.23 bits per heavy atom. The number of hydrogen-bond donors (Lipinski definition) is 1. The number of rotatable bonds is 2. The molecule has 0 fully saturated rings. The summed E-state index contributed by atoms with van der Waals surface area (Å²) in [7, 11) is 0. The molecule has 13 heavy (non-hydrogen) atoms. The Morgan fingerprint density at radius 2 is 2.00 bits per heavy atom. The largest absolute Gasteiger partial charge is 0.337 e. The van der Waals surface area contributed by atoms with Crippen molar-refractivity contribution in [2.24, 2.45) is 5.73 Å². The first-order chi connectivity index (χ1) is 6.42. The summed E-state index contributed by atoms with van der Waals surface area (Å²) in [6.07, 6.45) is 0. The van der Waals surface area contributed by atoms with Crippen molar-refractivity contribution in [3.05, 3.63) is 36.0 Å². The van der Waals surface area contributed by atoms with Crippen molar-refractivity contribution in [2.45, 2.75) is 6.54 Å². The average Bonchev–Trinajstić information content (AvgIpc) is 2.67. The highest BCUT2D eigenvalue weighted by Gasteiger charge is 2.09. The van der Waals surface area contributed by atoms with Gasteiger partial charge >= 0.3 is 0 Å². The third kappa shape index (κ3) is 1.43. The summed E-state index contributed by atoms with van der Waals surface area (Å²) in [5.74, 6) is 0.656. The maximum absolute atomic E-state index is 5.47. The number of benzene rings is 1. The van der Waals surface area contributed by atoms with E-state index in [1.54, 1.807) is 0 Å². The molecule has 1 aromatic carbocycles. The average molecular weight is 175 g/mol. The van der Waals surface area contributed by atoms with Gasteiger partial charge in [-0.3, -0.25) is 0 Å². The fourth-order valence-electron chi connectivity index (χ4n) is 1.15. The fourth-order valence-corrected chi connectivity index (χ4v) is 1.15. The molecule has 4 nitrogen and oxygen atoms in total. The Balaban J connectivity index is 2.47. The van der Waals surface area contributed by atoms with Crippen molar-refractivity contribution in [3.8, 4) is 11.3 Å². The van der Waals surface area contributed by atoms with Gasteiger partial charge in [0.25, 0.3) is 0 Å². The van der Waals surface area contributed by atoms with Crippen LogP contribution >= 0.6 is 0 Å². The summed E-state index contributed by atoms with van der Waals surface area (Å²) in [6.45, 7) is 0.341. The third-order valence-corrected chi connectivity index (χ3v) is 1.79. The van der Waals surface area contributed by atoms with Gasteiger partial charge in [-0.1, -0.05) is 30.3 Å². The molecule has 0 saturated carbocycles. The summed E-state index contributed by atoms with van der Waals surface area (Å²) in [5.41, 5.74) is 7.11. The topological polar surface area (TPSA) is 64.9 Å². The second kappa shape index (κ2) is 3.37. The van der Waals surface area contributed by atoms with E-state index in [0.717, 1.165) is 5.56 Å². The molecule has 0 amide bonds. The lowest BCUT2D eigenvalue weighted by atomic mass is 10.1. The van der Waals surface area contributed by atoms with Crippen LogP contribution in [0.1, 0.15) is 5.69 Å². The molecule has 0 radical (unpaired) electrons. The maximum atomic E-state index is 5.47. The van der Waals surface area contributed by atoms with Gasteiger partial charge in [0.2, 0.25) is 0 Å². The molecule has 0 spiro atoms. The highest BCUT2D eigenvalue weighted by Crippen LogP contribution is 2.20. The molecule has 4 heteroatoms. The Labute approximate surface area is 75.3 Å². The van der Waals surface area contributed by atoms with Gasteiger partial charge in [0, 0.05) is 17.4 Å². The molecule has 2 aromatic rings. The zero-order valence-corrected chi connectivity index (χ0v) is 6.97. The smallest absolute Gasteiger partial charge is 0.191 e. The predicted octanol–water partition coefficient (Wildman–Crippen LogP) is 1.20. The van der Waals surface area contributed by atoms with Gasteiger partial charge < -0.3 is 10.3 Å². The van der Waals surface area contributed by atoms with Gasteiger partial charge in [-0.25, -0.2) is 0 Å². The lowest BCUT2D eigenvalue weighted by Gasteiger charge is -1.95. The van der Waals surface area contributed by atoms with E-state index in [4.69, 9.17) is 10.3 Å². The van der Waals surface area contributed by atoms with Crippen molar-refractivity contribution in [1.82, 2.24) is 10.4 Å². The Morgan fingerprint density at radius 3 is 2.69 bits per heavy atom. The first-order valence-electron chi connectivity index (χ1n) is 3.98. The summed E-state index contributed by atoms with van der Waals surface area (Å²) in [6, 6.07) is 9.66. The van der Waals surface area contributed by atoms with Gasteiger partial charge in [0.15, 0.2) is 5.76 Å². The van der Waals surface area contributed by atoms with E-state index >= 15 is 0 Å². The third-order valence-electron chi connectivity index (χ3n) is 1.79. The molecule has 2 rings (SSSR count). The summed E-state index contributed by atoms with van der Waals surface area (Å²) in [5, 5.41) is 7.23. The Hall–Kier alpha value is -1.68. The number of aromatic nitrogens is 2. The minimum absolute atomic E-state index is 0.341. The van der Waals surface area contributed by atoms with Crippen molar-refractivity contribution < 1.29 is 4.52 Å². The van der Waals surface area contributed by atoms with Gasteiger partial charge in [-0.05, 0) is 0 Å². The molecule has 0 aliphatic heterocycles.